The fourth-order valence-corrected chi connectivity index (χ4v) is 2.27. The second-order valence-corrected chi connectivity index (χ2v) is 4.66. The van der Waals surface area contributed by atoms with Crippen LogP contribution >= 0.6 is 0 Å². The van der Waals surface area contributed by atoms with E-state index in [1.54, 1.807) is 6.07 Å². The molecular formula is C12H21N5O. The molecule has 100 valence electrons. The number of aliphatic hydroxyl groups is 1. The van der Waals surface area contributed by atoms with Crippen molar-refractivity contribution in [3.05, 3.63) is 11.9 Å². The molecule has 2 atom stereocenters. The predicted octanol–water partition coefficient (Wildman–Crippen LogP) is 1.04. The van der Waals surface area contributed by atoms with Crippen molar-refractivity contribution >= 4 is 11.6 Å². The average Bonchev–Trinajstić information content (AvgIpc) is 2.41. The maximum Gasteiger partial charge on any atom is 0.145 e. The average molecular weight is 251 g/mol. The second-order valence-electron chi connectivity index (χ2n) is 4.66. The monoisotopic (exact) mass is 251 g/mol. The summed E-state index contributed by atoms with van der Waals surface area (Å²) in [6.45, 7) is 1.99. The van der Waals surface area contributed by atoms with E-state index >= 15 is 0 Å². The lowest BCUT2D eigenvalue weighted by atomic mass is 9.92. The zero-order chi connectivity index (χ0) is 13.0. The second kappa shape index (κ2) is 5.97. The Morgan fingerprint density at radius 2 is 2.06 bits per heavy atom. The van der Waals surface area contributed by atoms with E-state index < -0.39 is 0 Å². The number of hydrazine groups is 1. The maximum absolute atomic E-state index is 9.94. The molecule has 2 rings (SSSR count). The molecule has 1 aliphatic carbocycles. The lowest BCUT2D eigenvalue weighted by Gasteiger charge is -2.28. The lowest BCUT2D eigenvalue weighted by Crippen LogP contribution is -2.36. The minimum atomic E-state index is -0.298. The Kier molecular flexibility index (Phi) is 4.33. The van der Waals surface area contributed by atoms with Crippen molar-refractivity contribution < 1.29 is 5.11 Å². The largest absolute Gasteiger partial charge is 0.391 e. The predicted molar refractivity (Wildman–Crippen MR) is 71.1 cm³/mol. The molecule has 1 aromatic rings. The van der Waals surface area contributed by atoms with Crippen LogP contribution in [0.5, 0.6) is 0 Å². The third kappa shape index (κ3) is 3.08. The molecule has 0 bridgehead atoms. The molecule has 6 heteroatoms. The summed E-state index contributed by atoms with van der Waals surface area (Å²) in [5.74, 6) is 7.43. The highest BCUT2D eigenvalue weighted by molar-refractivity contribution is 5.47. The summed E-state index contributed by atoms with van der Waals surface area (Å²) in [7, 11) is 0. The fourth-order valence-electron chi connectivity index (χ4n) is 2.27. The van der Waals surface area contributed by atoms with E-state index in [0.717, 1.165) is 43.7 Å². The van der Waals surface area contributed by atoms with Crippen LogP contribution in [0.2, 0.25) is 0 Å². The van der Waals surface area contributed by atoms with Gasteiger partial charge in [0, 0.05) is 12.5 Å². The van der Waals surface area contributed by atoms with Gasteiger partial charge in [-0.1, -0.05) is 19.8 Å². The van der Waals surface area contributed by atoms with Crippen molar-refractivity contribution in [2.24, 2.45) is 5.84 Å². The van der Waals surface area contributed by atoms with Crippen molar-refractivity contribution in [2.45, 2.75) is 51.2 Å². The molecule has 1 aromatic heterocycles. The topological polar surface area (TPSA) is 96.1 Å². The minimum Gasteiger partial charge on any atom is -0.391 e. The van der Waals surface area contributed by atoms with Gasteiger partial charge >= 0.3 is 0 Å². The zero-order valence-electron chi connectivity index (χ0n) is 10.7. The van der Waals surface area contributed by atoms with Gasteiger partial charge in [-0.15, -0.1) is 0 Å². The number of aryl methyl sites for hydroxylation is 1. The molecule has 18 heavy (non-hydrogen) atoms. The molecule has 6 nitrogen and oxygen atoms in total. The standard InChI is InChI=1S/C12H21N5O/c1-2-10-15-11(7-12(16-10)17-13)14-8-5-3-4-6-9(8)18/h7-9,18H,2-6,13H2,1H3,(H2,14,15,16,17). The van der Waals surface area contributed by atoms with E-state index in [4.69, 9.17) is 5.84 Å². The summed E-state index contributed by atoms with van der Waals surface area (Å²) in [5, 5.41) is 13.2. The Labute approximate surface area is 107 Å². The third-order valence-corrected chi connectivity index (χ3v) is 3.30. The number of aliphatic hydroxyl groups excluding tert-OH is 1. The Hall–Kier alpha value is -1.40. The Bertz CT molecular complexity index is 376. The van der Waals surface area contributed by atoms with Crippen molar-refractivity contribution in [3.8, 4) is 0 Å². The van der Waals surface area contributed by atoms with Gasteiger partial charge in [0.2, 0.25) is 0 Å². The molecule has 1 aliphatic rings. The summed E-state index contributed by atoms with van der Waals surface area (Å²) in [5.41, 5.74) is 2.54. The Morgan fingerprint density at radius 1 is 1.33 bits per heavy atom. The van der Waals surface area contributed by atoms with Crippen LogP contribution in [0.4, 0.5) is 11.6 Å². The number of rotatable bonds is 4. The van der Waals surface area contributed by atoms with Crippen LogP contribution in [0.15, 0.2) is 6.07 Å². The molecule has 2 unspecified atom stereocenters. The van der Waals surface area contributed by atoms with Crippen LogP contribution in [0.1, 0.15) is 38.4 Å². The van der Waals surface area contributed by atoms with Crippen molar-refractivity contribution in [1.82, 2.24) is 9.97 Å². The molecule has 1 fully saturated rings. The molecule has 5 N–H and O–H groups in total. The summed E-state index contributed by atoms with van der Waals surface area (Å²) in [6, 6.07) is 1.84. The first-order valence-electron chi connectivity index (χ1n) is 6.52. The smallest absolute Gasteiger partial charge is 0.145 e. The third-order valence-electron chi connectivity index (χ3n) is 3.30. The molecule has 1 saturated carbocycles. The van der Waals surface area contributed by atoms with Gasteiger partial charge in [-0.05, 0) is 12.8 Å². The summed E-state index contributed by atoms with van der Waals surface area (Å²) in [4.78, 5) is 8.63. The van der Waals surface area contributed by atoms with E-state index in [9.17, 15) is 5.11 Å². The van der Waals surface area contributed by atoms with Gasteiger partial charge in [0.1, 0.15) is 17.5 Å². The minimum absolute atomic E-state index is 0.0731. The first-order chi connectivity index (χ1) is 8.72. The molecule has 0 aliphatic heterocycles. The highest BCUT2D eigenvalue weighted by atomic mass is 16.3. The van der Waals surface area contributed by atoms with Crippen molar-refractivity contribution in [3.63, 3.8) is 0 Å². The van der Waals surface area contributed by atoms with E-state index in [1.165, 1.54) is 0 Å². The van der Waals surface area contributed by atoms with Gasteiger partial charge in [0.15, 0.2) is 0 Å². The van der Waals surface area contributed by atoms with Gasteiger partial charge in [-0.2, -0.15) is 0 Å². The normalized spacial score (nSPS) is 23.7. The quantitative estimate of drug-likeness (QED) is 0.472. The number of aromatic nitrogens is 2. The lowest BCUT2D eigenvalue weighted by molar-refractivity contribution is 0.116. The number of anilines is 2. The molecule has 1 heterocycles. The van der Waals surface area contributed by atoms with Crippen LogP contribution < -0.4 is 16.6 Å². The van der Waals surface area contributed by atoms with E-state index in [2.05, 4.69) is 20.7 Å². The number of hydrogen-bond acceptors (Lipinski definition) is 6. The van der Waals surface area contributed by atoms with Gasteiger partial charge in [0.05, 0.1) is 12.1 Å². The first-order valence-corrected chi connectivity index (χ1v) is 6.52. The van der Waals surface area contributed by atoms with Gasteiger partial charge in [-0.25, -0.2) is 15.8 Å². The van der Waals surface area contributed by atoms with Gasteiger partial charge in [0.25, 0.3) is 0 Å². The molecule has 0 saturated heterocycles. The number of nitrogen functional groups attached to an aromatic ring is 1. The molecular weight excluding hydrogens is 230 g/mol. The number of nitrogens with zero attached hydrogens (tertiary/aromatic N) is 2. The fraction of sp³-hybridized carbons (Fsp3) is 0.667. The number of hydrogen-bond donors (Lipinski definition) is 4. The van der Waals surface area contributed by atoms with Crippen LogP contribution in [-0.2, 0) is 6.42 Å². The van der Waals surface area contributed by atoms with Crippen LogP contribution in [0.25, 0.3) is 0 Å². The van der Waals surface area contributed by atoms with E-state index in [-0.39, 0.29) is 12.1 Å². The zero-order valence-corrected chi connectivity index (χ0v) is 10.7. The summed E-state index contributed by atoms with van der Waals surface area (Å²) >= 11 is 0. The van der Waals surface area contributed by atoms with E-state index in [1.807, 2.05) is 6.92 Å². The first kappa shape index (κ1) is 13.0. The maximum atomic E-state index is 9.94. The van der Waals surface area contributed by atoms with Gasteiger partial charge < -0.3 is 15.8 Å². The number of nitrogens with two attached hydrogens (primary N) is 1. The molecule has 0 spiro atoms. The SMILES string of the molecule is CCc1nc(NN)cc(NC2CCCCC2O)n1. The van der Waals surface area contributed by atoms with Gasteiger partial charge in [-0.3, -0.25) is 0 Å². The van der Waals surface area contributed by atoms with Crippen LogP contribution in [-0.4, -0.2) is 27.2 Å². The number of nitrogens with one attached hydrogen (secondary N) is 2. The highest BCUT2D eigenvalue weighted by Gasteiger charge is 2.23. The van der Waals surface area contributed by atoms with Crippen LogP contribution in [0.3, 0.4) is 0 Å². The molecule has 0 aromatic carbocycles. The summed E-state index contributed by atoms with van der Waals surface area (Å²) < 4.78 is 0. The highest BCUT2D eigenvalue weighted by Crippen LogP contribution is 2.22. The van der Waals surface area contributed by atoms with Crippen LogP contribution in [0, 0.1) is 0 Å². The Balaban J connectivity index is 2.12. The summed E-state index contributed by atoms with van der Waals surface area (Å²) in [6.07, 6.45) is 4.51. The van der Waals surface area contributed by atoms with Crippen molar-refractivity contribution in [1.29, 1.82) is 0 Å². The van der Waals surface area contributed by atoms with E-state index in [0.29, 0.717) is 5.82 Å². The molecule has 0 amide bonds. The Morgan fingerprint density at radius 3 is 2.72 bits per heavy atom. The van der Waals surface area contributed by atoms with Crippen molar-refractivity contribution in [2.75, 3.05) is 10.7 Å². The molecule has 0 radical (unpaired) electrons.